The fourth-order valence-electron chi connectivity index (χ4n) is 2.43. The highest BCUT2D eigenvalue weighted by Crippen LogP contribution is 2.09. The maximum Gasteiger partial charge on any atom is 0.220 e. The van der Waals surface area contributed by atoms with Crippen LogP contribution < -0.4 is 10.6 Å². The Morgan fingerprint density at radius 1 is 1.39 bits per heavy atom. The molecule has 0 saturated carbocycles. The van der Waals surface area contributed by atoms with E-state index in [9.17, 15) is 4.79 Å². The first-order chi connectivity index (χ1) is 8.78. The molecule has 1 aromatic carbocycles. The van der Waals surface area contributed by atoms with Crippen LogP contribution in [-0.4, -0.2) is 24.5 Å². The van der Waals surface area contributed by atoms with Gasteiger partial charge < -0.3 is 10.6 Å². The second-order valence-electron chi connectivity index (χ2n) is 5.00. The normalized spacial score (nSPS) is 21.4. The lowest BCUT2D eigenvalue weighted by Gasteiger charge is -2.28. The molecule has 2 atom stereocenters. The second-order valence-corrected chi connectivity index (χ2v) is 5.00. The zero-order valence-corrected chi connectivity index (χ0v) is 11.0. The van der Waals surface area contributed by atoms with Gasteiger partial charge in [0, 0.05) is 25.0 Å². The fraction of sp³-hybridized carbons (Fsp3) is 0.533. The maximum absolute atomic E-state index is 11.1. The quantitative estimate of drug-likeness (QED) is 0.833. The first kappa shape index (κ1) is 13.1. The molecule has 1 fully saturated rings. The predicted molar refractivity (Wildman–Crippen MR) is 73.4 cm³/mol. The zero-order chi connectivity index (χ0) is 12.8. The Bertz CT molecular complexity index is 367. The Kier molecular flexibility index (Phi) is 4.76. The van der Waals surface area contributed by atoms with Gasteiger partial charge in [0.05, 0.1) is 0 Å². The van der Waals surface area contributed by atoms with Crippen LogP contribution in [-0.2, 0) is 11.2 Å². The van der Waals surface area contributed by atoms with Gasteiger partial charge in [-0.1, -0.05) is 37.3 Å². The van der Waals surface area contributed by atoms with Gasteiger partial charge in [0.1, 0.15) is 0 Å². The van der Waals surface area contributed by atoms with Gasteiger partial charge in [-0.2, -0.15) is 0 Å². The lowest BCUT2D eigenvalue weighted by Crippen LogP contribution is -2.49. The summed E-state index contributed by atoms with van der Waals surface area (Å²) in [6, 6.07) is 11.5. The Hall–Kier alpha value is -1.35. The third-order valence-electron chi connectivity index (χ3n) is 3.55. The van der Waals surface area contributed by atoms with E-state index in [0.29, 0.717) is 18.5 Å². The number of hydrogen-bond donors (Lipinski definition) is 2. The molecular weight excluding hydrogens is 224 g/mol. The van der Waals surface area contributed by atoms with Crippen molar-refractivity contribution < 1.29 is 4.79 Å². The molecule has 2 N–H and O–H groups in total. The van der Waals surface area contributed by atoms with Crippen LogP contribution in [0.15, 0.2) is 30.3 Å². The molecule has 0 bridgehead atoms. The van der Waals surface area contributed by atoms with Crippen molar-refractivity contribution in [2.24, 2.45) is 0 Å². The first-order valence-corrected chi connectivity index (χ1v) is 6.84. The minimum Gasteiger partial charge on any atom is -0.355 e. The molecule has 1 amide bonds. The summed E-state index contributed by atoms with van der Waals surface area (Å²) in [5.74, 6) is 0.184. The monoisotopic (exact) mass is 246 g/mol. The molecule has 1 aliphatic rings. The van der Waals surface area contributed by atoms with Crippen molar-refractivity contribution in [1.82, 2.24) is 10.6 Å². The van der Waals surface area contributed by atoms with Crippen LogP contribution >= 0.6 is 0 Å². The number of carbonyl (C=O) groups is 1. The number of rotatable bonds is 5. The van der Waals surface area contributed by atoms with Gasteiger partial charge in [-0.25, -0.2) is 0 Å². The maximum atomic E-state index is 11.1. The van der Waals surface area contributed by atoms with Gasteiger partial charge in [0.25, 0.3) is 0 Å². The summed E-state index contributed by atoms with van der Waals surface area (Å²) in [4.78, 5) is 11.1. The van der Waals surface area contributed by atoms with Crippen molar-refractivity contribution in [3.63, 3.8) is 0 Å². The summed E-state index contributed by atoms with van der Waals surface area (Å²) in [5.41, 5.74) is 1.37. The van der Waals surface area contributed by atoms with E-state index < -0.39 is 0 Å². The molecule has 0 spiro atoms. The van der Waals surface area contributed by atoms with Crippen LogP contribution in [0.2, 0.25) is 0 Å². The van der Waals surface area contributed by atoms with E-state index in [1.165, 1.54) is 5.56 Å². The first-order valence-electron chi connectivity index (χ1n) is 6.84. The van der Waals surface area contributed by atoms with E-state index in [4.69, 9.17) is 0 Å². The van der Waals surface area contributed by atoms with Crippen molar-refractivity contribution >= 4 is 5.91 Å². The topological polar surface area (TPSA) is 41.1 Å². The third kappa shape index (κ3) is 3.84. The summed E-state index contributed by atoms with van der Waals surface area (Å²) in [5, 5.41) is 6.58. The van der Waals surface area contributed by atoms with Crippen molar-refractivity contribution in [3.8, 4) is 0 Å². The summed E-state index contributed by atoms with van der Waals surface area (Å²) in [6.45, 7) is 2.98. The molecular formula is C15H22N2O. The standard InChI is InChI=1S/C15H22N2O/c1-2-13(10-12-6-4-3-5-7-12)17-14-8-9-15(18)16-11-14/h3-7,13-14,17H,2,8-11H2,1H3,(H,16,18). The minimum atomic E-state index is 0.184. The van der Waals surface area contributed by atoms with Gasteiger partial charge in [-0.05, 0) is 24.8 Å². The molecule has 2 unspecified atom stereocenters. The van der Waals surface area contributed by atoms with Crippen LogP contribution in [0.25, 0.3) is 0 Å². The molecule has 2 rings (SSSR count). The summed E-state index contributed by atoms with van der Waals surface area (Å²) in [7, 11) is 0. The second kappa shape index (κ2) is 6.55. The number of piperidine rings is 1. The lowest BCUT2D eigenvalue weighted by molar-refractivity contribution is -0.122. The molecule has 1 saturated heterocycles. The van der Waals surface area contributed by atoms with Crippen molar-refractivity contribution in [2.45, 2.75) is 44.7 Å². The van der Waals surface area contributed by atoms with Gasteiger partial charge in [-0.15, -0.1) is 0 Å². The van der Waals surface area contributed by atoms with Crippen LogP contribution in [0, 0.1) is 0 Å². The zero-order valence-electron chi connectivity index (χ0n) is 11.0. The van der Waals surface area contributed by atoms with E-state index >= 15 is 0 Å². The molecule has 18 heavy (non-hydrogen) atoms. The highest BCUT2D eigenvalue weighted by molar-refractivity contribution is 5.76. The predicted octanol–water partition coefficient (Wildman–Crippen LogP) is 1.88. The molecule has 1 aromatic rings. The van der Waals surface area contributed by atoms with E-state index in [2.05, 4.69) is 47.9 Å². The highest BCUT2D eigenvalue weighted by Gasteiger charge is 2.20. The Balaban J connectivity index is 1.84. The van der Waals surface area contributed by atoms with Crippen molar-refractivity contribution in [3.05, 3.63) is 35.9 Å². The Morgan fingerprint density at radius 3 is 2.78 bits per heavy atom. The van der Waals surface area contributed by atoms with Crippen LogP contribution in [0.4, 0.5) is 0 Å². The molecule has 3 nitrogen and oxygen atoms in total. The molecule has 0 aromatic heterocycles. The summed E-state index contributed by atoms with van der Waals surface area (Å²) >= 11 is 0. The average molecular weight is 246 g/mol. The summed E-state index contributed by atoms with van der Waals surface area (Å²) in [6.07, 6.45) is 3.78. The molecule has 1 heterocycles. The lowest BCUT2D eigenvalue weighted by atomic mass is 10.0. The number of hydrogen-bond acceptors (Lipinski definition) is 2. The van der Waals surface area contributed by atoms with Gasteiger partial charge >= 0.3 is 0 Å². The highest BCUT2D eigenvalue weighted by atomic mass is 16.1. The Labute approximate surface area is 109 Å². The van der Waals surface area contributed by atoms with Crippen molar-refractivity contribution in [2.75, 3.05) is 6.54 Å². The Morgan fingerprint density at radius 2 is 2.17 bits per heavy atom. The summed E-state index contributed by atoms with van der Waals surface area (Å²) < 4.78 is 0. The fourth-order valence-corrected chi connectivity index (χ4v) is 2.43. The van der Waals surface area contributed by atoms with Gasteiger partial charge in [0.2, 0.25) is 5.91 Å². The number of amides is 1. The van der Waals surface area contributed by atoms with E-state index in [1.807, 2.05) is 0 Å². The van der Waals surface area contributed by atoms with Gasteiger partial charge in [0.15, 0.2) is 0 Å². The van der Waals surface area contributed by atoms with Crippen molar-refractivity contribution in [1.29, 1.82) is 0 Å². The van der Waals surface area contributed by atoms with Crippen LogP contribution in [0.3, 0.4) is 0 Å². The largest absolute Gasteiger partial charge is 0.355 e. The van der Waals surface area contributed by atoms with E-state index in [-0.39, 0.29) is 5.91 Å². The molecule has 0 radical (unpaired) electrons. The number of benzene rings is 1. The van der Waals surface area contributed by atoms with E-state index in [1.54, 1.807) is 0 Å². The van der Waals surface area contributed by atoms with Crippen LogP contribution in [0.1, 0.15) is 31.7 Å². The molecule has 1 aliphatic heterocycles. The van der Waals surface area contributed by atoms with Gasteiger partial charge in [-0.3, -0.25) is 4.79 Å². The minimum absolute atomic E-state index is 0.184. The number of nitrogens with one attached hydrogen (secondary N) is 2. The SMILES string of the molecule is CCC(Cc1ccccc1)NC1CCC(=O)NC1. The van der Waals surface area contributed by atoms with E-state index in [0.717, 1.165) is 25.8 Å². The molecule has 0 aliphatic carbocycles. The van der Waals surface area contributed by atoms with Crippen LogP contribution in [0.5, 0.6) is 0 Å². The molecule has 98 valence electrons. The smallest absolute Gasteiger partial charge is 0.220 e. The average Bonchev–Trinajstić information content (AvgIpc) is 2.41. The number of carbonyl (C=O) groups excluding carboxylic acids is 1. The third-order valence-corrected chi connectivity index (χ3v) is 3.55. The molecule has 3 heteroatoms.